The highest BCUT2D eigenvalue weighted by molar-refractivity contribution is 7.89. The van der Waals surface area contributed by atoms with Crippen LogP contribution in [0.15, 0.2) is 30.3 Å². The quantitative estimate of drug-likeness (QED) is 0.403. The highest BCUT2D eigenvalue weighted by atomic mass is 32.2. The van der Waals surface area contributed by atoms with E-state index in [9.17, 15) is 28.5 Å². The fourth-order valence-corrected chi connectivity index (χ4v) is 3.03. The molecule has 1 aromatic carbocycles. The monoisotopic (exact) mass is 346 g/mol. The first-order chi connectivity index (χ1) is 10.7. The van der Waals surface area contributed by atoms with E-state index in [2.05, 4.69) is 5.32 Å². The van der Waals surface area contributed by atoms with Gasteiger partial charge in [0.25, 0.3) is 5.91 Å². The van der Waals surface area contributed by atoms with E-state index in [4.69, 9.17) is 9.88 Å². The number of ether oxygens (including phenoxy) is 1. The first kappa shape index (κ1) is 17.8. The molecule has 0 radical (unpaired) electrons. The van der Waals surface area contributed by atoms with Gasteiger partial charge in [-0.15, -0.1) is 0 Å². The van der Waals surface area contributed by atoms with Crippen LogP contribution in [0, 0.1) is 0 Å². The second-order valence-corrected chi connectivity index (χ2v) is 6.90. The third kappa shape index (κ3) is 4.47. The summed E-state index contributed by atoms with van der Waals surface area (Å²) in [5.74, 6) is -1.36. The van der Waals surface area contributed by atoms with E-state index >= 15 is 0 Å². The van der Waals surface area contributed by atoms with Gasteiger partial charge < -0.3 is 25.4 Å². The first-order valence-corrected chi connectivity index (χ1v) is 8.46. The Kier molecular flexibility index (Phi) is 5.34. The summed E-state index contributed by atoms with van der Waals surface area (Å²) in [5.41, 5.74) is 0.285. The largest absolute Gasteiger partial charge is 0.388 e. The van der Waals surface area contributed by atoms with Crippen molar-refractivity contribution in [2.45, 2.75) is 30.6 Å². The molecule has 1 amide bonds. The number of aliphatic hydroxyl groups is 3. The molecule has 128 valence electrons. The third-order valence-corrected chi connectivity index (χ3v) is 4.24. The van der Waals surface area contributed by atoms with E-state index in [0.29, 0.717) is 0 Å². The Labute approximate surface area is 132 Å². The standard InChI is InChI=1S/C13H18N2O7S/c14-23(20,21)6-8-10(16)11(17)9(13(19)22-8)15-12(18)7-4-2-1-3-5-7/h1-5,8-11,13,16-17,19H,6H2,(H,15,18)(H2,14,20,21)/t8-,9-,10-,11-,13+/m1/s1. The van der Waals surface area contributed by atoms with Crippen molar-refractivity contribution in [2.24, 2.45) is 5.14 Å². The predicted molar refractivity (Wildman–Crippen MR) is 78.6 cm³/mol. The van der Waals surface area contributed by atoms with Crippen LogP contribution in [0.5, 0.6) is 0 Å². The molecule has 0 spiro atoms. The van der Waals surface area contributed by atoms with Crippen LogP contribution < -0.4 is 10.5 Å². The summed E-state index contributed by atoms with van der Waals surface area (Å²) < 4.78 is 27.1. The molecule has 1 aliphatic rings. The Morgan fingerprint density at radius 3 is 2.35 bits per heavy atom. The van der Waals surface area contributed by atoms with Gasteiger partial charge in [0.05, 0.1) is 5.75 Å². The zero-order valence-corrected chi connectivity index (χ0v) is 12.8. The van der Waals surface area contributed by atoms with Crippen LogP contribution in [0.2, 0.25) is 0 Å². The van der Waals surface area contributed by atoms with Gasteiger partial charge in [-0.05, 0) is 12.1 Å². The second kappa shape index (κ2) is 6.91. The van der Waals surface area contributed by atoms with Gasteiger partial charge in [0.1, 0.15) is 24.4 Å². The maximum Gasteiger partial charge on any atom is 0.251 e. The van der Waals surface area contributed by atoms with E-state index in [-0.39, 0.29) is 5.56 Å². The summed E-state index contributed by atoms with van der Waals surface area (Å²) in [5, 5.41) is 37.0. The molecule has 1 heterocycles. The Morgan fingerprint density at radius 1 is 1.17 bits per heavy atom. The van der Waals surface area contributed by atoms with Crippen LogP contribution in [0.3, 0.4) is 0 Å². The van der Waals surface area contributed by atoms with Gasteiger partial charge in [-0.2, -0.15) is 0 Å². The van der Waals surface area contributed by atoms with Gasteiger partial charge in [-0.1, -0.05) is 18.2 Å². The molecular weight excluding hydrogens is 328 g/mol. The normalized spacial score (nSPS) is 31.6. The lowest BCUT2D eigenvalue weighted by atomic mass is 9.97. The molecule has 0 aromatic heterocycles. The molecule has 10 heteroatoms. The van der Waals surface area contributed by atoms with E-state index in [1.807, 2.05) is 0 Å². The van der Waals surface area contributed by atoms with E-state index in [0.717, 1.165) is 0 Å². The number of amides is 1. The lowest BCUT2D eigenvalue weighted by Gasteiger charge is -2.40. The number of hydrogen-bond acceptors (Lipinski definition) is 7. The van der Waals surface area contributed by atoms with Crippen molar-refractivity contribution in [3.05, 3.63) is 35.9 Å². The number of carbonyl (C=O) groups excluding carboxylic acids is 1. The highest BCUT2D eigenvalue weighted by Crippen LogP contribution is 2.21. The predicted octanol–water partition coefficient (Wildman–Crippen LogP) is -2.49. The molecule has 0 aliphatic carbocycles. The zero-order chi connectivity index (χ0) is 17.2. The summed E-state index contributed by atoms with van der Waals surface area (Å²) in [6.45, 7) is 0. The Hall–Kier alpha value is -1.56. The molecule has 0 unspecified atom stereocenters. The minimum atomic E-state index is -3.98. The van der Waals surface area contributed by atoms with Crippen molar-refractivity contribution in [3.63, 3.8) is 0 Å². The smallest absolute Gasteiger partial charge is 0.251 e. The average Bonchev–Trinajstić information content (AvgIpc) is 2.48. The number of nitrogens with two attached hydrogens (primary N) is 1. The van der Waals surface area contributed by atoms with E-state index in [1.165, 1.54) is 12.1 Å². The molecule has 5 atom stereocenters. The topological polar surface area (TPSA) is 159 Å². The SMILES string of the molecule is NS(=O)(=O)C[C@H]1O[C@H](O)[C@H](NC(=O)c2ccccc2)[C@@H](O)[C@@H]1O. The lowest BCUT2D eigenvalue weighted by molar-refractivity contribution is -0.239. The minimum Gasteiger partial charge on any atom is -0.388 e. The van der Waals surface area contributed by atoms with E-state index in [1.54, 1.807) is 18.2 Å². The maximum atomic E-state index is 12.0. The molecule has 1 fully saturated rings. The van der Waals surface area contributed by atoms with Crippen molar-refractivity contribution in [3.8, 4) is 0 Å². The van der Waals surface area contributed by atoms with Crippen molar-refractivity contribution >= 4 is 15.9 Å². The highest BCUT2D eigenvalue weighted by Gasteiger charge is 2.45. The number of primary sulfonamides is 1. The lowest BCUT2D eigenvalue weighted by Crippen LogP contribution is -2.64. The van der Waals surface area contributed by atoms with Crippen LogP contribution in [0.25, 0.3) is 0 Å². The van der Waals surface area contributed by atoms with Crippen molar-refractivity contribution in [1.82, 2.24) is 5.32 Å². The number of sulfonamides is 1. The number of hydrogen-bond donors (Lipinski definition) is 5. The maximum absolute atomic E-state index is 12.0. The molecule has 1 aromatic rings. The molecule has 0 bridgehead atoms. The molecule has 0 saturated carbocycles. The van der Waals surface area contributed by atoms with Gasteiger partial charge in [0, 0.05) is 5.56 Å². The molecule has 23 heavy (non-hydrogen) atoms. The number of benzene rings is 1. The van der Waals surface area contributed by atoms with Crippen LogP contribution in [-0.4, -0.2) is 66.0 Å². The van der Waals surface area contributed by atoms with Crippen LogP contribution >= 0.6 is 0 Å². The second-order valence-electron chi connectivity index (χ2n) is 5.24. The third-order valence-electron chi connectivity index (χ3n) is 3.45. The summed E-state index contributed by atoms with van der Waals surface area (Å²) in [4.78, 5) is 12.0. The Morgan fingerprint density at radius 2 is 1.78 bits per heavy atom. The molecule has 9 nitrogen and oxygen atoms in total. The summed E-state index contributed by atoms with van der Waals surface area (Å²) in [7, 11) is -3.98. The number of carbonyl (C=O) groups is 1. The first-order valence-electron chi connectivity index (χ1n) is 6.75. The Balaban J connectivity index is 2.08. The number of rotatable bonds is 4. The van der Waals surface area contributed by atoms with Gasteiger partial charge in [0.15, 0.2) is 6.29 Å². The van der Waals surface area contributed by atoms with Crippen LogP contribution in [0.1, 0.15) is 10.4 Å². The average molecular weight is 346 g/mol. The summed E-state index contributed by atoms with van der Waals surface area (Å²) in [6.07, 6.45) is -6.37. The van der Waals surface area contributed by atoms with Crippen molar-refractivity contribution in [2.75, 3.05) is 5.75 Å². The molecule has 1 saturated heterocycles. The molecule has 2 rings (SSSR count). The molecule has 6 N–H and O–H groups in total. The van der Waals surface area contributed by atoms with Crippen molar-refractivity contribution < 1.29 is 33.3 Å². The fraction of sp³-hybridized carbons (Fsp3) is 0.462. The molecule has 1 aliphatic heterocycles. The number of nitrogens with one attached hydrogen (secondary N) is 1. The van der Waals surface area contributed by atoms with Gasteiger partial charge in [-0.25, -0.2) is 13.6 Å². The summed E-state index contributed by atoms with van der Waals surface area (Å²) >= 11 is 0. The minimum absolute atomic E-state index is 0.285. The van der Waals surface area contributed by atoms with Gasteiger partial charge in [0.2, 0.25) is 10.0 Å². The number of aliphatic hydroxyl groups excluding tert-OH is 3. The van der Waals surface area contributed by atoms with Crippen molar-refractivity contribution in [1.29, 1.82) is 0 Å². The van der Waals surface area contributed by atoms with E-state index < -0.39 is 52.3 Å². The fourth-order valence-electron chi connectivity index (χ4n) is 2.29. The van der Waals surface area contributed by atoms with Gasteiger partial charge >= 0.3 is 0 Å². The Bertz CT molecular complexity index is 652. The zero-order valence-electron chi connectivity index (χ0n) is 11.9. The molecular formula is C13H18N2O7S. The summed E-state index contributed by atoms with van der Waals surface area (Å²) in [6, 6.07) is 6.71. The van der Waals surface area contributed by atoms with Crippen LogP contribution in [-0.2, 0) is 14.8 Å². The van der Waals surface area contributed by atoms with Crippen LogP contribution in [0.4, 0.5) is 0 Å². The van der Waals surface area contributed by atoms with Gasteiger partial charge in [-0.3, -0.25) is 4.79 Å².